The SMILES string of the molecule is CN(CCO)C(=O)NC(c1ccc(Cl)cc1)C1CCCC1. The van der Waals surface area contributed by atoms with Gasteiger partial charge in [0.2, 0.25) is 0 Å². The molecule has 116 valence electrons. The summed E-state index contributed by atoms with van der Waals surface area (Å²) in [5.74, 6) is 0.470. The molecule has 1 aliphatic carbocycles. The Morgan fingerprint density at radius 1 is 1.38 bits per heavy atom. The first-order valence-corrected chi connectivity index (χ1v) is 7.87. The van der Waals surface area contributed by atoms with Crippen molar-refractivity contribution in [2.75, 3.05) is 20.2 Å². The topological polar surface area (TPSA) is 52.6 Å². The van der Waals surface area contributed by atoms with Gasteiger partial charge in [-0.2, -0.15) is 0 Å². The van der Waals surface area contributed by atoms with E-state index < -0.39 is 0 Å². The third kappa shape index (κ3) is 4.35. The van der Waals surface area contributed by atoms with Gasteiger partial charge in [0.25, 0.3) is 0 Å². The molecule has 0 aromatic heterocycles. The fraction of sp³-hybridized carbons (Fsp3) is 0.562. The van der Waals surface area contributed by atoms with Gasteiger partial charge in [0.15, 0.2) is 0 Å². The Bertz CT molecular complexity index is 458. The lowest BCUT2D eigenvalue weighted by Gasteiger charge is -2.28. The van der Waals surface area contributed by atoms with Gasteiger partial charge in [0.05, 0.1) is 12.6 Å². The molecule has 1 fully saturated rings. The smallest absolute Gasteiger partial charge is 0.317 e. The van der Waals surface area contributed by atoms with E-state index in [1.807, 2.05) is 24.3 Å². The zero-order valence-corrected chi connectivity index (χ0v) is 13.1. The van der Waals surface area contributed by atoms with Crippen molar-refractivity contribution >= 4 is 17.6 Å². The molecule has 4 nitrogen and oxygen atoms in total. The molecule has 0 radical (unpaired) electrons. The Balaban J connectivity index is 2.12. The average Bonchev–Trinajstić information content (AvgIpc) is 3.00. The van der Waals surface area contributed by atoms with Crippen LogP contribution in [0.5, 0.6) is 0 Å². The number of benzene rings is 1. The van der Waals surface area contributed by atoms with E-state index in [9.17, 15) is 4.79 Å². The highest BCUT2D eigenvalue weighted by atomic mass is 35.5. The fourth-order valence-electron chi connectivity index (χ4n) is 2.93. The second-order valence-electron chi connectivity index (χ2n) is 5.67. The predicted molar refractivity (Wildman–Crippen MR) is 84.4 cm³/mol. The summed E-state index contributed by atoms with van der Waals surface area (Å²) in [5.41, 5.74) is 1.09. The number of nitrogens with zero attached hydrogens (tertiary/aromatic N) is 1. The number of urea groups is 1. The van der Waals surface area contributed by atoms with Crippen LogP contribution in [-0.2, 0) is 0 Å². The predicted octanol–water partition coefficient (Wildman–Crippen LogP) is 3.21. The molecule has 0 aliphatic heterocycles. The van der Waals surface area contributed by atoms with E-state index in [2.05, 4.69) is 5.32 Å². The molecular weight excluding hydrogens is 288 g/mol. The molecular formula is C16H23ClN2O2. The summed E-state index contributed by atoms with van der Waals surface area (Å²) in [5, 5.41) is 12.8. The molecule has 1 atom stereocenters. The highest BCUT2D eigenvalue weighted by molar-refractivity contribution is 6.30. The van der Waals surface area contributed by atoms with Crippen LogP contribution >= 0.6 is 11.6 Å². The monoisotopic (exact) mass is 310 g/mol. The van der Waals surface area contributed by atoms with Crippen molar-refractivity contribution in [3.63, 3.8) is 0 Å². The van der Waals surface area contributed by atoms with E-state index in [-0.39, 0.29) is 18.7 Å². The minimum absolute atomic E-state index is 0.0124. The normalized spacial score (nSPS) is 16.7. The fourth-order valence-corrected chi connectivity index (χ4v) is 3.05. The number of aliphatic hydroxyl groups is 1. The van der Waals surface area contributed by atoms with Gasteiger partial charge < -0.3 is 15.3 Å². The number of hydrogen-bond donors (Lipinski definition) is 2. The van der Waals surface area contributed by atoms with Crippen molar-refractivity contribution in [3.8, 4) is 0 Å². The molecule has 2 amide bonds. The minimum Gasteiger partial charge on any atom is -0.395 e. The number of nitrogens with one attached hydrogen (secondary N) is 1. The first kappa shape index (κ1) is 16.1. The summed E-state index contributed by atoms with van der Waals surface area (Å²) in [6, 6.07) is 7.56. The zero-order chi connectivity index (χ0) is 15.2. The van der Waals surface area contributed by atoms with Crippen molar-refractivity contribution in [3.05, 3.63) is 34.9 Å². The number of halogens is 1. The maximum Gasteiger partial charge on any atom is 0.317 e. The molecule has 0 spiro atoms. The molecule has 1 aromatic rings. The average molecular weight is 311 g/mol. The quantitative estimate of drug-likeness (QED) is 0.877. The molecule has 5 heteroatoms. The lowest BCUT2D eigenvalue weighted by Crippen LogP contribution is -2.42. The summed E-state index contributed by atoms with van der Waals surface area (Å²) >= 11 is 5.95. The van der Waals surface area contributed by atoms with Gasteiger partial charge in [-0.1, -0.05) is 36.6 Å². The van der Waals surface area contributed by atoms with E-state index >= 15 is 0 Å². The number of rotatable bonds is 5. The number of carbonyl (C=O) groups is 1. The van der Waals surface area contributed by atoms with Crippen molar-refractivity contribution < 1.29 is 9.90 Å². The van der Waals surface area contributed by atoms with Gasteiger partial charge in [0.1, 0.15) is 0 Å². The van der Waals surface area contributed by atoms with Crippen LogP contribution in [0.25, 0.3) is 0 Å². The van der Waals surface area contributed by atoms with E-state index in [1.54, 1.807) is 7.05 Å². The van der Waals surface area contributed by atoms with Crippen molar-refractivity contribution in [2.24, 2.45) is 5.92 Å². The number of likely N-dealkylation sites (N-methyl/N-ethyl adjacent to an activating group) is 1. The maximum absolute atomic E-state index is 12.2. The molecule has 1 saturated carbocycles. The van der Waals surface area contributed by atoms with Crippen LogP contribution in [0.3, 0.4) is 0 Å². The molecule has 0 bridgehead atoms. The minimum atomic E-state index is -0.143. The summed E-state index contributed by atoms with van der Waals surface area (Å²) in [7, 11) is 1.69. The number of carbonyl (C=O) groups excluding carboxylic acids is 1. The maximum atomic E-state index is 12.2. The molecule has 1 aromatic carbocycles. The van der Waals surface area contributed by atoms with Crippen LogP contribution in [0.1, 0.15) is 37.3 Å². The Kier molecular flexibility index (Phi) is 5.88. The van der Waals surface area contributed by atoms with Gasteiger partial charge in [-0.15, -0.1) is 0 Å². The highest BCUT2D eigenvalue weighted by Crippen LogP contribution is 2.36. The highest BCUT2D eigenvalue weighted by Gasteiger charge is 2.28. The molecule has 2 N–H and O–H groups in total. The Morgan fingerprint density at radius 3 is 2.57 bits per heavy atom. The van der Waals surface area contributed by atoms with E-state index in [0.29, 0.717) is 17.5 Å². The van der Waals surface area contributed by atoms with Crippen LogP contribution in [0.2, 0.25) is 5.02 Å². The molecule has 21 heavy (non-hydrogen) atoms. The number of aliphatic hydroxyl groups excluding tert-OH is 1. The molecule has 1 unspecified atom stereocenters. The van der Waals surface area contributed by atoms with Gasteiger partial charge in [0, 0.05) is 18.6 Å². The first-order valence-electron chi connectivity index (χ1n) is 7.49. The van der Waals surface area contributed by atoms with Crippen LogP contribution in [0, 0.1) is 5.92 Å². The van der Waals surface area contributed by atoms with Crippen molar-refractivity contribution in [2.45, 2.75) is 31.7 Å². The van der Waals surface area contributed by atoms with Crippen molar-refractivity contribution in [1.82, 2.24) is 10.2 Å². The lowest BCUT2D eigenvalue weighted by atomic mass is 9.92. The van der Waals surface area contributed by atoms with E-state index in [0.717, 1.165) is 18.4 Å². The molecule has 1 aliphatic rings. The largest absolute Gasteiger partial charge is 0.395 e. The summed E-state index contributed by atoms with van der Waals surface area (Å²) in [6.45, 7) is 0.308. The Morgan fingerprint density at radius 2 is 2.00 bits per heavy atom. The van der Waals surface area contributed by atoms with E-state index in [1.165, 1.54) is 17.7 Å². The zero-order valence-electron chi connectivity index (χ0n) is 12.4. The number of hydrogen-bond acceptors (Lipinski definition) is 2. The molecule has 0 heterocycles. The second kappa shape index (κ2) is 7.66. The Hall–Kier alpha value is -1.26. The van der Waals surface area contributed by atoms with Gasteiger partial charge in [-0.3, -0.25) is 0 Å². The third-order valence-corrected chi connectivity index (χ3v) is 4.41. The van der Waals surface area contributed by atoms with Crippen LogP contribution in [-0.4, -0.2) is 36.2 Å². The lowest BCUT2D eigenvalue weighted by molar-refractivity contribution is 0.183. The van der Waals surface area contributed by atoms with Gasteiger partial charge in [-0.25, -0.2) is 4.79 Å². The van der Waals surface area contributed by atoms with Crippen LogP contribution in [0.15, 0.2) is 24.3 Å². The van der Waals surface area contributed by atoms with Gasteiger partial charge >= 0.3 is 6.03 Å². The van der Waals surface area contributed by atoms with Crippen LogP contribution in [0.4, 0.5) is 4.79 Å². The number of amides is 2. The first-order chi connectivity index (χ1) is 10.1. The van der Waals surface area contributed by atoms with Crippen LogP contribution < -0.4 is 5.32 Å². The second-order valence-corrected chi connectivity index (χ2v) is 6.10. The Labute approximate surface area is 131 Å². The van der Waals surface area contributed by atoms with E-state index in [4.69, 9.17) is 16.7 Å². The summed E-state index contributed by atoms with van der Waals surface area (Å²) in [6.07, 6.45) is 4.71. The summed E-state index contributed by atoms with van der Waals surface area (Å²) in [4.78, 5) is 13.7. The van der Waals surface area contributed by atoms with Crippen molar-refractivity contribution in [1.29, 1.82) is 0 Å². The molecule has 2 rings (SSSR count). The standard InChI is InChI=1S/C16H23ClN2O2/c1-19(10-11-20)16(21)18-15(12-4-2-3-5-12)13-6-8-14(17)9-7-13/h6-9,12,15,20H,2-5,10-11H2,1H3,(H,18,21). The summed E-state index contributed by atoms with van der Waals surface area (Å²) < 4.78 is 0. The van der Waals surface area contributed by atoms with Gasteiger partial charge in [-0.05, 0) is 36.5 Å². The third-order valence-electron chi connectivity index (χ3n) is 4.16. The molecule has 0 saturated heterocycles.